The predicted octanol–water partition coefficient (Wildman–Crippen LogP) is 3.10. The van der Waals surface area contributed by atoms with E-state index in [1.54, 1.807) is 0 Å². The average Bonchev–Trinajstić information content (AvgIpc) is 2.34. The van der Waals surface area contributed by atoms with E-state index in [1.165, 1.54) is 5.56 Å². The average molecular weight is 239 g/mol. The molecule has 0 heterocycles. The fraction of sp³-hybridized carbons (Fsp3) is 0.538. The van der Waals surface area contributed by atoms with Gasteiger partial charge >= 0.3 is 0 Å². The van der Waals surface area contributed by atoms with Crippen molar-refractivity contribution in [2.24, 2.45) is 0 Å². The van der Waals surface area contributed by atoms with E-state index < -0.39 is 0 Å². The molecule has 16 heavy (non-hydrogen) atoms. The predicted molar refractivity (Wildman–Crippen MR) is 72.4 cm³/mol. The summed E-state index contributed by atoms with van der Waals surface area (Å²) in [6.45, 7) is 2.94. The quantitative estimate of drug-likeness (QED) is 0.739. The molecular formula is C13H21NOS. The molecule has 90 valence electrons. The van der Waals surface area contributed by atoms with Crippen LogP contribution in [0.2, 0.25) is 0 Å². The van der Waals surface area contributed by atoms with Crippen LogP contribution >= 0.6 is 11.8 Å². The van der Waals surface area contributed by atoms with Gasteiger partial charge in [-0.3, -0.25) is 0 Å². The number of hydrogen-bond acceptors (Lipinski definition) is 3. The van der Waals surface area contributed by atoms with Crippen LogP contribution in [-0.2, 0) is 0 Å². The molecule has 0 fully saturated rings. The van der Waals surface area contributed by atoms with Gasteiger partial charge in [-0.25, -0.2) is 0 Å². The Morgan fingerprint density at radius 1 is 1.38 bits per heavy atom. The summed E-state index contributed by atoms with van der Waals surface area (Å²) >= 11 is 1.86. The van der Waals surface area contributed by atoms with E-state index >= 15 is 0 Å². The summed E-state index contributed by atoms with van der Waals surface area (Å²) in [6.07, 6.45) is 3.22. The molecule has 1 aromatic carbocycles. The van der Waals surface area contributed by atoms with Gasteiger partial charge in [-0.15, -0.1) is 0 Å². The minimum Gasteiger partial charge on any atom is -0.493 e. The topological polar surface area (TPSA) is 21.3 Å². The number of benzene rings is 1. The van der Waals surface area contributed by atoms with Crippen LogP contribution in [0.1, 0.15) is 24.9 Å². The van der Waals surface area contributed by atoms with Crippen molar-refractivity contribution in [3.63, 3.8) is 0 Å². The van der Waals surface area contributed by atoms with Gasteiger partial charge in [0.25, 0.3) is 0 Å². The minimum atomic E-state index is 0.330. The summed E-state index contributed by atoms with van der Waals surface area (Å²) in [6, 6.07) is 8.57. The Morgan fingerprint density at radius 2 is 2.12 bits per heavy atom. The third kappa shape index (κ3) is 4.06. The fourth-order valence-electron chi connectivity index (χ4n) is 1.51. The molecule has 0 saturated heterocycles. The Kier molecular flexibility index (Phi) is 6.34. The van der Waals surface area contributed by atoms with Crippen molar-refractivity contribution >= 4 is 11.8 Å². The van der Waals surface area contributed by atoms with Gasteiger partial charge < -0.3 is 10.1 Å². The molecule has 0 spiro atoms. The number of thioether (sulfide) groups is 1. The van der Waals surface area contributed by atoms with E-state index in [0.717, 1.165) is 24.5 Å². The Labute approximate surface area is 103 Å². The summed E-state index contributed by atoms with van der Waals surface area (Å²) in [5, 5.41) is 3.24. The molecule has 1 rings (SSSR count). The molecule has 1 aromatic rings. The second-order valence-electron chi connectivity index (χ2n) is 3.74. The molecule has 0 amide bonds. The first kappa shape index (κ1) is 13.4. The molecule has 1 N–H and O–H groups in total. The maximum atomic E-state index is 5.81. The van der Waals surface area contributed by atoms with E-state index in [-0.39, 0.29) is 0 Å². The molecule has 1 atom stereocenters. The van der Waals surface area contributed by atoms with Gasteiger partial charge in [0, 0.05) is 11.6 Å². The maximum Gasteiger partial charge on any atom is 0.124 e. The smallest absolute Gasteiger partial charge is 0.124 e. The van der Waals surface area contributed by atoms with Gasteiger partial charge in [-0.2, -0.15) is 11.8 Å². The Hall–Kier alpha value is -0.670. The van der Waals surface area contributed by atoms with Gasteiger partial charge in [0.15, 0.2) is 0 Å². The van der Waals surface area contributed by atoms with E-state index in [9.17, 15) is 0 Å². The molecular weight excluding hydrogens is 218 g/mol. The van der Waals surface area contributed by atoms with Gasteiger partial charge in [-0.05, 0) is 38.5 Å². The molecule has 1 unspecified atom stereocenters. The van der Waals surface area contributed by atoms with Crippen LogP contribution in [0.5, 0.6) is 5.75 Å². The van der Waals surface area contributed by atoms with Crippen LogP contribution in [-0.4, -0.2) is 25.7 Å². The minimum absolute atomic E-state index is 0.330. The second-order valence-corrected chi connectivity index (χ2v) is 4.73. The lowest BCUT2D eigenvalue weighted by molar-refractivity contribution is 0.312. The van der Waals surface area contributed by atoms with Crippen LogP contribution in [0.4, 0.5) is 0 Å². The molecule has 0 radical (unpaired) electrons. The van der Waals surface area contributed by atoms with Crippen LogP contribution in [0, 0.1) is 0 Å². The first-order chi connectivity index (χ1) is 7.79. The summed E-state index contributed by atoms with van der Waals surface area (Å²) in [7, 11) is 1.97. The van der Waals surface area contributed by atoms with Crippen LogP contribution in [0.25, 0.3) is 0 Å². The SMILES string of the molecule is CNC(C)c1ccccc1OCCCSC. The third-order valence-electron chi connectivity index (χ3n) is 2.57. The third-order valence-corrected chi connectivity index (χ3v) is 3.27. The zero-order valence-corrected chi connectivity index (χ0v) is 11.1. The highest BCUT2D eigenvalue weighted by atomic mass is 32.2. The van der Waals surface area contributed by atoms with Crippen molar-refractivity contribution < 1.29 is 4.74 Å². The molecule has 3 heteroatoms. The first-order valence-electron chi connectivity index (χ1n) is 5.67. The number of hydrogen-bond donors (Lipinski definition) is 1. The molecule has 0 saturated carbocycles. The van der Waals surface area contributed by atoms with Crippen molar-refractivity contribution in [2.75, 3.05) is 25.7 Å². The Bertz CT molecular complexity index is 304. The zero-order valence-electron chi connectivity index (χ0n) is 10.3. The van der Waals surface area contributed by atoms with Crippen LogP contribution in [0.15, 0.2) is 24.3 Å². The Morgan fingerprint density at radius 3 is 2.81 bits per heavy atom. The number of ether oxygens (including phenoxy) is 1. The molecule has 0 aromatic heterocycles. The molecule has 0 aliphatic heterocycles. The number of rotatable bonds is 7. The lowest BCUT2D eigenvalue weighted by Gasteiger charge is -2.16. The number of para-hydroxylation sites is 1. The highest BCUT2D eigenvalue weighted by Crippen LogP contribution is 2.24. The fourth-order valence-corrected chi connectivity index (χ4v) is 1.92. The largest absolute Gasteiger partial charge is 0.493 e. The molecule has 0 aliphatic carbocycles. The zero-order chi connectivity index (χ0) is 11.8. The summed E-state index contributed by atoms with van der Waals surface area (Å²) < 4.78 is 5.81. The van der Waals surface area contributed by atoms with E-state index in [1.807, 2.05) is 30.9 Å². The van der Waals surface area contributed by atoms with Gasteiger partial charge in [0.1, 0.15) is 5.75 Å². The van der Waals surface area contributed by atoms with E-state index in [4.69, 9.17) is 4.74 Å². The summed E-state index contributed by atoms with van der Waals surface area (Å²) in [5.74, 6) is 2.16. The van der Waals surface area contributed by atoms with Crippen molar-refractivity contribution in [3.05, 3.63) is 29.8 Å². The highest BCUT2D eigenvalue weighted by molar-refractivity contribution is 7.98. The normalized spacial score (nSPS) is 12.4. The number of nitrogens with one attached hydrogen (secondary N) is 1. The van der Waals surface area contributed by atoms with Crippen molar-refractivity contribution in [1.29, 1.82) is 0 Å². The van der Waals surface area contributed by atoms with Crippen LogP contribution in [0.3, 0.4) is 0 Å². The van der Waals surface area contributed by atoms with Crippen molar-refractivity contribution in [2.45, 2.75) is 19.4 Å². The first-order valence-corrected chi connectivity index (χ1v) is 7.07. The molecule has 0 bridgehead atoms. The van der Waals surface area contributed by atoms with Crippen LogP contribution < -0.4 is 10.1 Å². The van der Waals surface area contributed by atoms with E-state index in [2.05, 4.69) is 30.6 Å². The van der Waals surface area contributed by atoms with Gasteiger partial charge in [0.05, 0.1) is 6.61 Å². The summed E-state index contributed by atoms with van der Waals surface area (Å²) in [5.41, 5.74) is 1.23. The maximum absolute atomic E-state index is 5.81. The second kappa shape index (κ2) is 7.58. The molecule has 0 aliphatic rings. The monoisotopic (exact) mass is 239 g/mol. The van der Waals surface area contributed by atoms with Gasteiger partial charge in [0.2, 0.25) is 0 Å². The lowest BCUT2D eigenvalue weighted by atomic mass is 10.1. The van der Waals surface area contributed by atoms with E-state index in [0.29, 0.717) is 6.04 Å². The molecule has 2 nitrogen and oxygen atoms in total. The Balaban J connectivity index is 2.57. The van der Waals surface area contributed by atoms with Crippen molar-refractivity contribution in [1.82, 2.24) is 5.32 Å². The summed E-state index contributed by atoms with van der Waals surface area (Å²) in [4.78, 5) is 0. The highest BCUT2D eigenvalue weighted by Gasteiger charge is 2.08. The van der Waals surface area contributed by atoms with Crippen molar-refractivity contribution in [3.8, 4) is 5.75 Å². The lowest BCUT2D eigenvalue weighted by Crippen LogP contribution is -2.14. The standard InChI is InChI=1S/C13H21NOS/c1-11(14-2)12-7-4-5-8-13(12)15-9-6-10-16-3/h4-5,7-8,11,14H,6,9-10H2,1-3H3. The van der Waals surface area contributed by atoms with Gasteiger partial charge in [-0.1, -0.05) is 18.2 Å².